The Hall–Kier alpha value is -2.25. The van der Waals surface area contributed by atoms with Gasteiger partial charge in [0, 0.05) is 17.4 Å². The molecule has 0 saturated carbocycles. The number of nitrogens with one attached hydrogen (secondary N) is 1. The Morgan fingerprint density at radius 3 is 2.80 bits per heavy atom. The maximum atomic E-state index is 9.72. The predicted molar refractivity (Wildman–Crippen MR) is 79.4 cm³/mol. The second kappa shape index (κ2) is 4.12. The van der Waals surface area contributed by atoms with Gasteiger partial charge in [-0.15, -0.1) is 0 Å². The molecule has 1 aromatic carbocycles. The lowest BCUT2D eigenvalue weighted by Crippen LogP contribution is -2.44. The van der Waals surface area contributed by atoms with Crippen LogP contribution in [-0.2, 0) is 0 Å². The minimum absolute atomic E-state index is 0.341. The van der Waals surface area contributed by atoms with Gasteiger partial charge < -0.3 is 5.32 Å². The average molecular weight is 262 g/mol. The van der Waals surface area contributed by atoms with Crippen molar-refractivity contribution in [2.75, 3.05) is 13.1 Å². The molecule has 3 heterocycles. The van der Waals surface area contributed by atoms with Gasteiger partial charge in [0.15, 0.2) is 0 Å². The summed E-state index contributed by atoms with van der Waals surface area (Å²) < 4.78 is 0. The normalized spacial score (nSPS) is 22.2. The van der Waals surface area contributed by atoms with E-state index in [9.17, 15) is 5.26 Å². The Labute approximate surface area is 117 Å². The van der Waals surface area contributed by atoms with E-state index in [-0.39, 0.29) is 5.54 Å². The first kappa shape index (κ1) is 11.6. The minimum atomic E-state index is -0.341. The van der Waals surface area contributed by atoms with E-state index in [0.29, 0.717) is 0 Å². The molecule has 1 fully saturated rings. The van der Waals surface area contributed by atoms with E-state index in [4.69, 9.17) is 4.99 Å². The fraction of sp³-hybridized carbons (Fsp3) is 0.312. The largest absolute Gasteiger partial charge is 0.317 e. The van der Waals surface area contributed by atoms with Crippen molar-refractivity contribution in [1.82, 2.24) is 5.32 Å². The molecule has 1 spiro atoms. The number of nitriles is 1. The Morgan fingerprint density at radius 2 is 2.00 bits per heavy atom. The summed E-state index contributed by atoms with van der Waals surface area (Å²) in [5.41, 5.74) is 4.31. The fourth-order valence-electron chi connectivity index (χ4n) is 3.32. The van der Waals surface area contributed by atoms with Crippen LogP contribution < -0.4 is 5.32 Å². The monoisotopic (exact) mass is 262 g/mol. The summed E-state index contributed by atoms with van der Waals surface area (Å²) in [7, 11) is 0. The number of hydrogen-bond acceptors (Lipinski definition) is 4. The molecule has 1 saturated heterocycles. The van der Waals surface area contributed by atoms with Crippen LogP contribution >= 0.6 is 0 Å². The lowest BCUT2D eigenvalue weighted by molar-refractivity contribution is 0.368. The highest BCUT2D eigenvalue weighted by atomic mass is 15.0. The highest BCUT2D eigenvalue weighted by Gasteiger charge is 2.42. The van der Waals surface area contributed by atoms with Crippen LogP contribution in [0.25, 0.3) is 5.57 Å². The summed E-state index contributed by atoms with van der Waals surface area (Å²) in [5.74, 6) is 0. The van der Waals surface area contributed by atoms with Crippen molar-refractivity contribution in [2.24, 2.45) is 9.98 Å². The van der Waals surface area contributed by atoms with Crippen LogP contribution in [0.4, 0.5) is 5.69 Å². The smallest absolute Gasteiger partial charge is 0.0987 e. The lowest BCUT2D eigenvalue weighted by Gasteiger charge is -2.36. The standard InChI is InChI=1S/C16H14N4/c17-9-12-15-11-3-1-2-4-13(11)20-14(15)10-19-16(12)5-7-18-8-6-16/h1-4,10,18H,5-8H2. The number of fused-ring (bicyclic) bond motifs is 3. The zero-order chi connectivity index (χ0) is 13.6. The first-order chi connectivity index (χ1) is 9.84. The first-order valence-corrected chi connectivity index (χ1v) is 6.93. The van der Waals surface area contributed by atoms with Gasteiger partial charge >= 0.3 is 0 Å². The van der Waals surface area contributed by atoms with E-state index in [2.05, 4.69) is 16.4 Å². The molecule has 4 nitrogen and oxygen atoms in total. The molecule has 0 aliphatic carbocycles. The Bertz CT molecular complexity index is 712. The van der Waals surface area contributed by atoms with Crippen molar-refractivity contribution in [3.63, 3.8) is 0 Å². The molecule has 0 radical (unpaired) electrons. The summed E-state index contributed by atoms with van der Waals surface area (Å²) in [5, 5.41) is 13.1. The highest BCUT2D eigenvalue weighted by molar-refractivity contribution is 6.54. The van der Waals surface area contributed by atoms with E-state index in [1.165, 1.54) is 0 Å². The van der Waals surface area contributed by atoms with E-state index in [1.54, 1.807) is 0 Å². The number of allylic oxidation sites excluding steroid dienone is 1. The molecule has 0 aromatic heterocycles. The average Bonchev–Trinajstić information content (AvgIpc) is 2.87. The molecule has 4 rings (SSSR count). The van der Waals surface area contributed by atoms with Crippen LogP contribution in [0.1, 0.15) is 18.4 Å². The van der Waals surface area contributed by atoms with Crippen LogP contribution in [0.15, 0.2) is 39.8 Å². The second-order valence-electron chi connectivity index (χ2n) is 5.42. The Kier molecular flexibility index (Phi) is 2.38. The molecule has 3 aliphatic heterocycles. The van der Waals surface area contributed by atoms with Crippen LogP contribution in [0.5, 0.6) is 0 Å². The number of benzene rings is 1. The van der Waals surface area contributed by atoms with Gasteiger partial charge in [-0.25, -0.2) is 4.99 Å². The second-order valence-corrected chi connectivity index (χ2v) is 5.42. The highest BCUT2D eigenvalue weighted by Crippen LogP contribution is 2.44. The first-order valence-electron chi connectivity index (χ1n) is 6.93. The summed E-state index contributed by atoms with van der Waals surface area (Å²) in [6, 6.07) is 10.5. The third kappa shape index (κ3) is 1.44. The third-order valence-corrected chi connectivity index (χ3v) is 4.36. The van der Waals surface area contributed by atoms with Crippen molar-refractivity contribution >= 4 is 23.2 Å². The van der Waals surface area contributed by atoms with Crippen molar-refractivity contribution < 1.29 is 0 Å². The van der Waals surface area contributed by atoms with Crippen molar-refractivity contribution in [3.05, 3.63) is 35.4 Å². The van der Waals surface area contributed by atoms with E-state index in [1.807, 2.05) is 30.5 Å². The van der Waals surface area contributed by atoms with E-state index in [0.717, 1.165) is 54.0 Å². The number of nitrogens with zero attached hydrogens (tertiary/aromatic N) is 3. The van der Waals surface area contributed by atoms with Gasteiger partial charge in [-0.3, -0.25) is 4.99 Å². The molecule has 0 atom stereocenters. The summed E-state index contributed by atoms with van der Waals surface area (Å²) in [6.45, 7) is 1.81. The van der Waals surface area contributed by atoms with Gasteiger partial charge in [-0.2, -0.15) is 5.26 Å². The van der Waals surface area contributed by atoms with Crippen LogP contribution in [0, 0.1) is 11.3 Å². The molecule has 0 unspecified atom stereocenters. The zero-order valence-electron chi connectivity index (χ0n) is 11.1. The van der Waals surface area contributed by atoms with Gasteiger partial charge in [0.05, 0.1) is 28.6 Å². The summed E-state index contributed by atoms with van der Waals surface area (Å²) in [4.78, 5) is 9.31. The molecule has 98 valence electrons. The molecular formula is C16H14N4. The van der Waals surface area contributed by atoms with Gasteiger partial charge in [-0.1, -0.05) is 18.2 Å². The SMILES string of the molecule is N#CC1=C2C(=Nc3ccccc32)C=NC12CCNCC2. The third-order valence-electron chi connectivity index (χ3n) is 4.36. The molecule has 20 heavy (non-hydrogen) atoms. The van der Waals surface area contributed by atoms with E-state index < -0.39 is 0 Å². The molecule has 0 bridgehead atoms. The molecule has 1 aromatic rings. The summed E-state index contributed by atoms with van der Waals surface area (Å²) >= 11 is 0. The number of para-hydroxylation sites is 1. The van der Waals surface area contributed by atoms with E-state index >= 15 is 0 Å². The lowest BCUT2D eigenvalue weighted by atomic mass is 9.76. The molecular weight excluding hydrogens is 248 g/mol. The topological polar surface area (TPSA) is 60.5 Å². The number of hydrogen-bond donors (Lipinski definition) is 1. The Balaban J connectivity index is 1.95. The van der Waals surface area contributed by atoms with Crippen molar-refractivity contribution in [1.29, 1.82) is 5.26 Å². The zero-order valence-corrected chi connectivity index (χ0v) is 11.1. The van der Waals surface area contributed by atoms with Gasteiger partial charge in [0.1, 0.15) is 0 Å². The minimum Gasteiger partial charge on any atom is -0.317 e. The Morgan fingerprint density at radius 1 is 1.20 bits per heavy atom. The number of dihydropyridines is 1. The molecule has 1 N–H and O–H groups in total. The van der Waals surface area contributed by atoms with Crippen LogP contribution in [0.3, 0.4) is 0 Å². The maximum absolute atomic E-state index is 9.72. The van der Waals surface area contributed by atoms with Gasteiger partial charge in [0.2, 0.25) is 0 Å². The predicted octanol–water partition coefficient (Wildman–Crippen LogP) is 2.26. The van der Waals surface area contributed by atoms with Crippen LogP contribution in [0.2, 0.25) is 0 Å². The number of rotatable bonds is 0. The number of aliphatic imine (C=N–C) groups is 2. The number of piperidine rings is 1. The molecule has 4 heteroatoms. The van der Waals surface area contributed by atoms with Gasteiger partial charge in [-0.05, 0) is 32.0 Å². The fourth-order valence-corrected chi connectivity index (χ4v) is 3.32. The summed E-state index contributed by atoms with van der Waals surface area (Å²) in [6.07, 6.45) is 3.62. The maximum Gasteiger partial charge on any atom is 0.0987 e. The van der Waals surface area contributed by atoms with Crippen molar-refractivity contribution in [2.45, 2.75) is 18.4 Å². The van der Waals surface area contributed by atoms with Crippen LogP contribution in [-0.4, -0.2) is 30.6 Å². The van der Waals surface area contributed by atoms with Crippen molar-refractivity contribution in [3.8, 4) is 6.07 Å². The molecule has 0 amide bonds. The van der Waals surface area contributed by atoms with Gasteiger partial charge in [0.25, 0.3) is 0 Å². The quantitative estimate of drug-likeness (QED) is 0.779. The molecule has 3 aliphatic rings.